The highest BCUT2D eigenvalue weighted by molar-refractivity contribution is 5.74. The lowest BCUT2D eigenvalue weighted by Gasteiger charge is -1.88. The predicted octanol–water partition coefficient (Wildman–Crippen LogP) is 1.23. The average Bonchev–Trinajstić information content (AvgIpc) is 2.49. The van der Waals surface area contributed by atoms with E-state index in [1.807, 2.05) is 0 Å². The van der Waals surface area contributed by atoms with Crippen molar-refractivity contribution in [2.75, 3.05) is 0 Å². The summed E-state index contributed by atoms with van der Waals surface area (Å²) in [6.07, 6.45) is 0. The van der Waals surface area contributed by atoms with Crippen LogP contribution in [-0.4, -0.2) is 10.3 Å². The van der Waals surface area contributed by atoms with Gasteiger partial charge in [-0.25, -0.2) is 9.02 Å². The fraction of sp³-hybridized carbons (Fsp3) is 0. The largest absolute Gasteiger partial charge is 0.243 e. The summed E-state index contributed by atoms with van der Waals surface area (Å²) >= 11 is 0. The first kappa shape index (κ1) is 6.73. The summed E-state index contributed by atoms with van der Waals surface area (Å²) in [6, 6.07) is 4.10. The van der Waals surface area contributed by atoms with E-state index in [2.05, 4.69) is 14.9 Å². The Kier molecular flexibility index (Phi) is 1.27. The summed E-state index contributed by atoms with van der Waals surface area (Å²) < 4.78 is 17.2. The van der Waals surface area contributed by atoms with Crippen LogP contribution in [0.1, 0.15) is 5.56 Å². The molecule has 0 bridgehead atoms. The van der Waals surface area contributed by atoms with E-state index in [9.17, 15) is 4.39 Å². The second-order valence-electron chi connectivity index (χ2n) is 2.20. The Balaban J connectivity index is 2.84. The highest BCUT2D eigenvalue weighted by Gasteiger charge is 2.07. The minimum Gasteiger partial charge on any atom is -0.243 e. The third-order valence-corrected chi connectivity index (χ3v) is 1.46. The van der Waals surface area contributed by atoms with E-state index in [1.165, 1.54) is 6.07 Å². The Labute approximate surface area is 66.2 Å². The summed E-state index contributed by atoms with van der Waals surface area (Å²) in [5, 5.41) is 15.3. The monoisotopic (exact) mass is 163 g/mol. The predicted molar refractivity (Wildman–Crippen MR) is 36.5 cm³/mol. The molecule has 0 aliphatic carbocycles. The van der Waals surface area contributed by atoms with Gasteiger partial charge in [0.05, 0.1) is 5.56 Å². The topological polar surface area (TPSA) is 62.7 Å². The zero-order valence-corrected chi connectivity index (χ0v) is 5.78. The molecule has 12 heavy (non-hydrogen) atoms. The number of halogens is 1. The molecule has 58 valence electrons. The molecule has 1 aromatic heterocycles. The van der Waals surface area contributed by atoms with Gasteiger partial charge in [0.25, 0.3) is 0 Å². The maximum atomic E-state index is 12.9. The molecular formula is C7H2FN3O. The van der Waals surface area contributed by atoms with Crippen LogP contribution in [0.5, 0.6) is 0 Å². The molecule has 0 fully saturated rings. The molecule has 0 spiro atoms. The van der Waals surface area contributed by atoms with Crippen molar-refractivity contribution in [1.82, 2.24) is 10.3 Å². The van der Waals surface area contributed by atoms with Gasteiger partial charge in [0, 0.05) is 6.07 Å². The lowest BCUT2D eigenvalue weighted by Crippen LogP contribution is -1.82. The molecule has 0 radical (unpaired) electrons. The molecule has 1 heterocycles. The molecule has 0 unspecified atom stereocenters. The number of hydrogen-bond acceptors (Lipinski definition) is 4. The SMILES string of the molecule is N#Cc1cc2nonc2cc1F. The summed E-state index contributed by atoms with van der Waals surface area (Å²) in [4.78, 5) is 0. The van der Waals surface area contributed by atoms with Crippen LogP contribution < -0.4 is 0 Å². The second kappa shape index (κ2) is 2.27. The molecule has 0 amide bonds. The van der Waals surface area contributed by atoms with E-state index >= 15 is 0 Å². The molecule has 0 N–H and O–H groups in total. The molecule has 4 nitrogen and oxygen atoms in total. The second-order valence-corrected chi connectivity index (χ2v) is 2.20. The minimum absolute atomic E-state index is 0.0572. The van der Waals surface area contributed by atoms with Crippen molar-refractivity contribution in [3.63, 3.8) is 0 Å². The summed E-state index contributed by atoms with van der Waals surface area (Å²) in [7, 11) is 0. The van der Waals surface area contributed by atoms with Gasteiger partial charge in [-0.3, -0.25) is 0 Å². The number of benzene rings is 1. The van der Waals surface area contributed by atoms with E-state index in [0.29, 0.717) is 11.0 Å². The number of hydrogen-bond donors (Lipinski definition) is 0. The first-order valence-electron chi connectivity index (χ1n) is 3.13. The van der Waals surface area contributed by atoms with Crippen molar-refractivity contribution >= 4 is 11.0 Å². The Morgan fingerprint density at radius 1 is 1.33 bits per heavy atom. The quantitative estimate of drug-likeness (QED) is 0.586. The van der Waals surface area contributed by atoms with Crippen molar-refractivity contribution in [1.29, 1.82) is 5.26 Å². The normalized spacial score (nSPS) is 10.0. The Hall–Kier alpha value is -1.96. The van der Waals surface area contributed by atoms with E-state index in [0.717, 1.165) is 6.07 Å². The van der Waals surface area contributed by atoms with Gasteiger partial charge in [-0.1, -0.05) is 0 Å². The van der Waals surface area contributed by atoms with Crippen LogP contribution in [0.25, 0.3) is 11.0 Å². The van der Waals surface area contributed by atoms with Crippen molar-refractivity contribution < 1.29 is 9.02 Å². The van der Waals surface area contributed by atoms with Gasteiger partial charge in [0.2, 0.25) is 0 Å². The van der Waals surface area contributed by atoms with Crippen molar-refractivity contribution in [3.8, 4) is 6.07 Å². The molecule has 0 atom stereocenters. The smallest absolute Gasteiger partial charge is 0.143 e. The molecule has 0 saturated carbocycles. The number of nitrogens with zero attached hydrogens (tertiary/aromatic N) is 3. The maximum absolute atomic E-state index is 12.9. The third kappa shape index (κ3) is 0.820. The molecule has 0 saturated heterocycles. The summed E-state index contributed by atoms with van der Waals surface area (Å²) in [5.41, 5.74) is 0.637. The van der Waals surface area contributed by atoms with Gasteiger partial charge in [-0.15, -0.1) is 0 Å². The van der Waals surface area contributed by atoms with Crippen LogP contribution in [0.4, 0.5) is 4.39 Å². The van der Waals surface area contributed by atoms with Crippen molar-refractivity contribution in [2.45, 2.75) is 0 Å². The van der Waals surface area contributed by atoms with Gasteiger partial charge in [0.1, 0.15) is 22.9 Å². The first-order chi connectivity index (χ1) is 5.81. The van der Waals surface area contributed by atoms with E-state index in [1.54, 1.807) is 6.07 Å². The van der Waals surface area contributed by atoms with E-state index in [-0.39, 0.29) is 5.56 Å². The first-order valence-corrected chi connectivity index (χ1v) is 3.13. The van der Waals surface area contributed by atoms with Crippen LogP contribution in [-0.2, 0) is 0 Å². The van der Waals surface area contributed by atoms with Crippen LogP contribution in [0.15, 0.2) is 16.8 Å². The summed E-state index contributed by atoms with van der Waals surface area (Å²) in [5.74, 6) is -0.610. The lowest BCUT2D eigenvalue weighted by molar-refractivity contribution is 0.315. The lowest BCUT2D eigenvalue weighted by atomic mass is 10.2. The van der Waals surface area contributed by atoms with Crippen LogP contribution in [0.2, 0.25) is 0 Å². The highest BCUT2D eigenvalue weighted by atomic mass is 19.1. The molecule has 5 heteroatoms. The molecule has 0 aliphatic heterocycles. The van der Waals surface area contributed by atoms with Gasteiger partial charge < -0.3 is 0 Å². The standard InChI is InChI=1S/C7H2FN3O/c8-5-2-7-6(10-12-11-7)1-4(5)3-9/h1-2H. The third-order valence-electron chi connectivity index (χ3n) is 1.46. The summed E-state index contributed by atoms with van der Waals surface area (Å²) in [6.45, 7) is 0. The van der Waals surface area contributed by atoms with Gasteiger partial charge in [-0.05, 0) is 16.4 Å². The Bertz CT molecular complexity index is 471. The number of nitriles is 1. The molecule has 0 aliphatic rings. The average molecular weight is 163 g/mol. The fourth-order valence-corrected chi connectivity index (χ4v) is 0.892. The number of rotatable bonds is 0. The number of aromatic nitrogens is 2. The zero-order chi connectivity index (χ0) is 8.55. The minimum atomic E-state index is -0.610. The maximum Gasteiger partial charge on any atom is 0.143 e. The molecule has 2 rings (SSSR count). The number of fused-ring (bicyclic) bond motifs is 1. The Morgan fingerprint density at radius 2 is 2.00 bits per heavy atom. The highest BCUT2D eigenvalue weighted by Crippen LogP contribution is 2.14. The van der Waals surface area contributed by atoms with Gasteiger partial charge >= 0.3 is 0 Å². The fourth-order valence-electron chi connectivity index (χ4n) is 0.892. The van der Waals surface area contributed by atoms with Crippen molar-refractivity contribution in [2.24, 2.45) is 0 Å². The van der Waals surface area contributed by atoms with Crippen molar-refractivity contribution in [3.05, 3.63) is 23.5 Å². The molecular weight excluding hydrogens is 161 g/mol. The van der Waals surface area contributed by atoms with E-state index in [4.69, 9.17) is 5.26 Å². The van der Waals surface area contributed by atoms with Crippen LogP contribution >= 0.6 is 0 Å². The van der Waals surface area contributed by atoms with E-state index < -0.39 is 5.82 Å². The van der Waals surface area contributed by atoms with Crippen LogP contribution in [0, 0.1) is 17.1 Å². The molecule has 1 aromatic carbocycles. The van der Waals surface area contributed by atoms with Gasteiger partial charge in [0.15, 0.2) is 0 Å². The molecule has 2 aromatic rings. The zero-order valence-electron chi connectivity index (χ0n) is 5.78. The van der Waals surface area contributed by atoms with Crippen LogP contribution in [0.3, 0.4) is 0 Å². The Morgan fingerprint density at radius 3 is 2.67 bits per heavy atom. The van der Waals surface area contributed by atoms with Gasteiger partial charge in [-0.2, -0.15) is 5.26 Å².